The third-order valence-electron chi connectivity index (χ3n) is 4.85. The van der Waals surface area contributed by atoms with E-state index in [2.05, 4.69) is 52.0 Å². The molecule has 3 aromatic rings. The van der Waals surface area contributed by atoms with Gasteiger partial charge in [0, 0.05) is 28.7 Å². The van der Waals surface area contributed by atoms with Crippen LogP contribution in [0.5, 0.6) is 5.75 Å². The van der Waals surface area contributed by atoms with Gasteiger partial charge in [-0.1, -0.05) is 35.9 Å². The van der Waals surface area contributed by atoms with Crippen LogP contribution in [0.1, 0.15) is 16.5 Å². The van der Waals surface area contributed by atoms with E-state index in [0.717, 1.165) is 13.0 Å². The first kappa shape index (κ1) is 18.8. The monoisotopic (exact) mass is 412 g/mol. The number of halogens is 1. The highest BCUT2D eigenvalue weighted by Gasteiger charge is 2.28. The smallest absolute Gasteiger partial charge is 0.258 e. The number of anilines is 1. The number of hydrogen-bond donors (Lipinski definition) is 1. The number of para-hydroxylation sites is 1. The topological polar surface area (TPSA) is 41.6 Å². The van der Waals surface area contributed by atoms with Gasteiger partial charge in [0.25, 0.3) is 5.91 Å². The molecule has 0 radical (unpaired) electrons. The molecule has 1 aliphatic heterocycles. The minimum Gasteiger partial charge on any atom is -0.484 e. The Labute approximate surface area is 173 Å². The van der Waals surface area contributed by atoms with Crippen molar-refractivity contribution < 1.29 is 9.53 Å². The van der Waals surface area contributed by atoms with Gasteiger partial charge in [0.1, 0.15) is 5.75 Å². The summed E-state index contributed by atoms with van der Waals surface area (Å²) in [6.45, 7) is 1.48. The molecule has 4 rings (SSSR count). The molecule has 2 aromatic carbocycles. The Morgan fingerprint density at radius 2 is 1.96 bits per heavy atom. The van der Waals surface area contributed by atoms with E-state index < -0.39 is 0 Å². The summed E-state index contributed by atoms with van der Waals surface area (Å²) in [6, 6.07) is 19.8. The molecule has 0 saturated heterocycles. The summed E-state index contributed by atoms with van der Waals surface area (Å²) in [4.78, 5) is 16.0. The van der Waals surface area contributed by atoms with Crippen molar-refractivity contribution in [3.8, 4) is 5.75 Å². The number of nitrogens with zero attached hydrogens (tertiary/aromatic N) is 1. The second-order valence-corrected chi connectivity index (χ2v) is 8.07. The van der Waals surface area contributed by atoms with E-state index in [0.29, 0.717) is 17.3 Å². The van der Waals surface area contributed by atoms with Gasteiger partial charge >= 0.3 is 0 Å². The average Bonchev–Trinajstić information content (AvgIpc) is 3.39. The normalized spacial score (nSPS) is 13.8. The Kier molecular flexibility index (Phi) is 5.84. The molecule has 6 heteroatoms. The predicted octanol–water partition coefficient (Wildman–Crippen LogP) is 4.70. The molecule has 1 aromatic heterocycles. The van der Waals surface area contributed by atoms with E-state index in [1.54, 1.807) is 35.6 Å². The van der Waals surface area contributed by atoms with Crippen molar-refractivity contribution in [1.82, 2.24) is 5.32 Å². The lowest BCUT2D eigenvalue weighted by atomic mass is 10.1. The molecule has 28 heavy (non-hydrogen) atoms. The molecule has 144 valence electrons. The van der Waals surface area contributed by atoms with Crippen LogP contribution < -0.4 is 15.0 Å². The first-order valence-corrected chi connectivity index (χ1v) is 10.5. The summed E-state index contributed by atoms with van der Waals surface area (Å²) >= 11 is 7.59. The fourth-order valence-electron chi connectivity index (χ4n) is 3.47. The quantitative estimate of drug-likeness (QED) is 0.611. The molecule has 0 bridgehead atoms. The molecule has 1 amide bonds. The molecule has 1 N–H and O–H groups in total. The molecule has 2 heterocycles. The first-order valence-electron chi connectivity index (χ1n) is 9.24. The van der Waals surface area contributed by atoms with Crippen LogP contribution in [0.15, 0.2) is 66.0 Å². The lowest BCUT2D eigenvalue weighted by molar-refractivity contribution is -0.123. The third kappa shape index (κ3) is 4.32. The van der Waals surface area contributed by atoms with Gasteiger partial charge in [-0.3, -0.25) is 4.79 Å². The molecule has 0 fully saturated rings. The SMILES string of the molecule is O=C(COc1ccc(Cl)cc1)NC[C@H](c1cccs1)N1CCc2ccccc21. The van der Waals surface area contributed by atoms with Gasteiger partial charge in [0.2, 0.25) is 0 Å². The minimum absolute atomic E-state index is 0.0185. The standard InChI is InChI=1S/C22H21ClN2O2S/c23-17-7-9-18(10-8-17)27-15-22(26)24-14-20(21-6-3-13-28-21)25-12-11-16-4-1-2-5-19(16)25/h1-10,13,20H,11-12,14-15H2,(H,24,26)/t20-/m1/s1. The van der Waals surface area contributed by atoms with Crippen LogP contribution >= 0.6 is 22.9 Å². The molecule has 0 saturated carbocycles. The number of ether oxygens (including phenoxy) is 1. The number of thiophene rings is 1. The highest BCUT2D eigenvalue weighted by molar-refractivity contribution is 7.10. The number of benzene rings is 2. The van der Waals surface area contributed by atoms with Crippen LogP contribution in [0.3, 0.4) is 0 Å². The summed E-state index contributed by atoms with van der Waals surface area (Å²) < 4.78 is 5.55. The highest BCUT2D eigenvalue weighted by atomic mass is 35.5. The van der Waals surface area contributed by atoms with Crippen molar-refractivity contribution in [2.45, 2.75) is 12.5 Å². The van der Waals surface area contributed by atoms with E-state index in [-0.39, 0.29) is 18.6 Å². The van der Waals surface area contributed by atoms with Crippen LogP contribution in [0, 0.1) is 0 Å². The number of carbonyl (C=O) groups excluding carboxylic acids is 1. The van der Waals surface area contributed by atoms with E-state index in [9.17, 15) is 4.79 Å². The lowest BCUT2D eigenvalue weighted by Crippen LogP contribution is -2.38. The minimum atomic E-state index is -0.135. The maximum Gasteiger partial charge on any atom is 0.258 e. The Morgan fingerprint density at radius 1 is 1.14 bits per heavy atom. The first-order chi connectivity index (χ1) is 13.7. The van der Waals surface area contributed by atoms with Gasteiger partial charge in [-0.25, -0.2) is 0 Å². The van der Waals surface area contributed by atoms with Crippen molar-refractivity contribution in [2.24, 2.45) is 0 Å². The maximum atomic E-state index is 12.3. The molecule has 1 atom stereocenters. The highest BCUT2D eigenvalue weighted by Crippen LogP contribution is 2.36. The van der Waals surface area contributed by atoms with Crippen molar-refractivity contribution in [1.29, 1.82) is 0 Å². The zero-order valence-electron chi connectivity index (χ0n) is 15.3. The molecule has 4 nitrogen and oxygen atoms in total. The van der Waals surface area contributed by atoms with Gasteiger partial charge in [-0.15, -0.1) is 11.3 Å². The number of nitrogens with one attached hydrogen (secondary N) is 1. The zero-order chi connectivity index (χ0) is 19.3. The van der Waals surface area contributed by atoms with E-state index in [1.165, 1.54) is 16.1 Å². The zero-order valence-corrected chi connectivity index (χ0v) is 16.9. The Balaban J connectivity index is 1.40. The molecule has 0 spiro atoms. The van der Waals surface area contributed by atoms with Crippen molar-refractivity contribution in [3.05, 3.63) is 81.5 Å². The van der Waals surface area contributed by atoms with Gasteiger partial charge in [0.15, 0.2) is 6.61 Å². The Bertz CT molecular complexity index is 928. The largest absolute Gasteiger partial charge is 0.484 e. The lowest BCUT2D eigenvalue weighted by Gasteiger charge is -2.30. The maximum absolute atomic E-state index is 12.3. The Hall–Kier alpha value is -2.50. The second kappa shape index (κ2) is 8.67. The van der Waals surface area contributed by atoms with Gasteiger partial charge in [-0.2, -0.15) is 0 Å². The summed E-state index contributed by atoms with van der Waals surface area (Å²) in [7, 11) is 0. The third-order valence-corrected chi connectivity index (χ3v) is 6.07. The molecular weight excluding hydrogens is 392 g/mol. The van der Waals surface area contributed by atoms with Crippen LogP contribution in [0.2, 0.25) is 5.02 Å². The number of fused-ring (bicyclic) bond motifs is 1. The fraction of sp³-hybridized carbons (Fsp3) is 0.227. The van der Waals surface area contributed by atoms with Gasteiger partial charge in [0.05, 0.1) is 6.04 Å². The van der Waals surface area contributed by atoms with Crippen LogP contribution in [-0.2, 0) is 11.2 Å². The fourth-order valence-corrected chi connectivity index (χ4v) is 4.44. The number of rotatable bonds is 7. The molecule has 0 aliphatic carbocycles. The predicted molar refractivity (Wildman–Crippen MR) is 115 cm³/mol. The Morgan fingerprint density at radius 3 is 2.75 bits per heavy atom. The van der Waals surface area contributed by atoms with Crippen molar-refractivity contribution in [3.63, 3.8) is 0 Å². The summed E-state index contributed by atoms with van der Waals surface area (Å²) in [5.74, 6) is 0.492. The van der Waals surface area contributed by atoms with E-state index in [4.69, 9.17) is 16.3 Å². The van der Waals surface area contributed by atoms with Crippen LogP contribution in [0.25, 0.3) is 0 Å². The number of amides is 1. The van der Waals surface area contributed by atoms with E-state index in [1.807, 2.05) is 0 Å². The average molecular weight is 413 g/mol. The number of carbonyl (C=O) groups is 1. The van der Waals surface area contributed by atoms with Crippen LogP contribution in [0.4, 0.5) is 5.69 Å². The van der Waals surface area contributed by atoms with Crippen molar-refractivity contribution >= 4 is 34.5 Å². The van der Waals surface area contributed by atoms with Gasteiger partial charge in [-0.05, 0) is 53.8 Å². The van der Waals surface area contributed by atoms with Gasteiger partial charge < -0.3 is 15.0 Å². The second-order valence-electron chi connectivity index (χ2n) is 6.65. The molecule has 0 unspecified atom stereocenters. The molecular formula is C22H21ClN2O2S. The van der Waals surface area contributed by atoms with Crippen molar-refractivity contribution in [2.75, 3.05) is 24.6 Å². The summed E-state index contributed by atoms with van der Waals surface area (Å²) in [6.07, 6.45) is 1.03. The number of hydrogen-bond acceptors (Lipinski definition) is 4. The molecule has 1 aliphatic rings. The summed E-state index contributed by atoms with van der Waals surface area (Å²) in [5, 5.41) is 5.75. The summed E-state index contributed by atoms with van der Waals surface area (Å²) in [5.41, 5.74) is 2.62. The van der Waals surface area contributed by atoms with E-state index >= 15 is 0 Å². The van der Waals surface area contributed by atoms with Crippen LogP contribution in [-0.4, -0.2) is 25.6 Å².